The minimum Gasteiger partial charge on any atom is -0.495 e. The van der Waals surface area contributed by atoms with E-state index < -0.39 is 8.07 Å². The molecule has 3 atom stereocenters. The number of likely N-dealkylation sites (N-methyl/N-ethyl adjacent to an activating group) is 1. The number of carbonyl (C=O) groups excluding carboxylic acids is 3. The highest BCUT2D eigenvalue weighted by atomic mass is 35.5. The van der Waals surface area contributed by atoms with E-state index in [0.717, 1.165) is 110 Å². The van der Waals surface area contributed by atoms with Gasteiger partial charge in [0, 0.05) is 95.3 Å². The lowest BCUT2D eigenvalue weighted by Gasteiger charge is -2.43. The maximum Gasteiger partial charge on any atom is 0.410 e. The number of nitrogens with zero attached hydrogens (tertiary/aromatic N) is 11. The average molecular weight is 1260 g/mol. The van der Waals surface area contributed by atoms with Crippen molar-refractivity contribution < 1.29 is 42.8 Å². The zero-order chi connectivity index (χ0) is 62.4. The molecule has 1 saturated carbocycles. The molecule has 3 fully saturated rings. The van der Waals surface area contributed by atoms with Crippen LogP contribution in [0.4, 0.5) is 39.4 Å². The first-order chi connectivity index (χ1) is 43.2. The fraction of sp³-hybridized carbons (Fsp3) is 0.569. The first kappa shape index (κ1) is 64.9. The number of methoxy groups -OCH3 is 1. The van der Waals surface area contributed by atoms with Crippen molar-refractivity contribution in [1.82, 2.24) is 35.1 Å². The molecule has 478 valence electrons. The van der Waals surface area contributed by atoms with Crippen molar-refractivity contribution in [1.29, 1.82) is 5.26 Å². The highest BCUT2D eigenvalue weighted by molar-refractivity contribution is 6.76. The van der Waals surface area contributed by atoms with Crippen LogP contribution in [0.5, 0.6) is 11.8 Å². The molecule has 4 aliphatic heterocycles. The van der Waals surface area contributed by atoms with E-state index in [2.05, 4.69) is 85.2 Å². The topological polar surface area (TPSA) is 225 Å². The number of piperazine rings is 1. The molecule has 3 amide bonds. The number of fused-ring (bicyclic) bond motifs is 3. The average Bonchev–Trinajstić information content (AvgIpc) is 1.60. The molecule has 24 heteroatoms. The van der Waals surface area contributed by atoms with Crippen molar-refractivity contribution in [2.75, 3.05) is 138 Å². The molecule has 2 N–H and O–H groups in total. The first-order valence-electron chi connectivity index (χ1n) is 31.8. The van der Waals surface area contributed by atoms with E-state index in [9.17, 15) is 19.6 Å². The van der Waals surface area contributed by atoms with Gasteiger partial charge in [-0.15, -0.1) is 0 Å². The Morgan fingerprint density at radius 1 is 0.843 bits per heavy atom. The second-order valence-electron chi connectivity index (χ2n) is 24.8. The Morgan fingerprint density at radius 3 is 2.38 bits per heavy atom. The van der Waals surface area contributed by atoms with Gasteiger partial charge < -0.3 is 63.6 Å². The van der Waals surface area contributed by atoms with Gasteiger partial charge in [-0.05, 0) is 93.3 Å². The number of likely N-dealkylation sites (tertiary alicyclic amines) is 1. The number of anilines is 6. The summed E-state index contributed by atoms with van der Waals surface area (Å²) < 4.78 is 35.5. The third kappa shape index (κ3) is 16.1. The Hall–Kier alpha value is -7.07. The summed E-state index contributed by atoms with van der Waals surface area (Å²) in [6.07, 6.45) is 10.2. The number of carbonyl (C=O) groups is 3. The Labute approximate surface area is 529 Å². The van der Waals surface area contributed by atoms with Gasteiger partial charge in [0.25, 0.3) is 5.91 Å². The zero-order valence-corrected chi connectivity index (χ0v) is 54.4. The van der Waals surface area contributed by atoms with Crippen molar-refractivity contribution >= 4 is 83.0 Å². The number of hydrogen-bond acceptors (Lipinski definition) is 19. The Kier molecular flexibility index (Phi) is 22.3. The fourth-order valence-corrected chi connectivity index (χ4v) is 13.8. The molecule has 5 aliphatic rings. The van der Waals surface area contributed by atoms with Gasteiger partial charge in [-0.3, -0.25) is 14.5 Å². The quantitative estimate of drug-likeness (QED) is 0.0351. The number of halogens is 1. The van der Waals surface area contributed by atoms with Gasteiger partial charge in [0.05, 0.1) is 94.4 Å². The highest BCUT2D eigenvalue weighted by Gasteiger charge is 2.42. The summed E-state index contributed by atoms with van der Waals surface area (Å²) in [6, 6.07) is 20.8. The maximum atomic E-state index is 13.4. The summed E-state index contributed by atoms with van der Waals surface area (Å²) >= 11 is 6.84. The number of aromatic nitrogens is 4. The molecule has 89 heavy (non-hydrogen) atoms. The number of amides is 3. The number of ether oxygens (including phenoxy) is 6. The van der Waals surface area contributed by atoms with Crippen LogP contribution in [0.1, 0.15) is 86.3 Å². The van der Waals surface area contributed by atoms with Crippen molar-refractivity contribution in [2.24, 2.45) is 0 Å². The summed E-state index contributed by atoms with van der Waals surface area (Å²) in [6.45, 7) is 17.1. The minimum atomic E-state index is -1.40. The molecule has 0 spiro atoms. The smallest absolute Gasteiger partial charge is 0.410 e. The second kappa shape index (κ2) is 30.6. The van der Waals surface area contributed by atoms with Gasteiger partial charge in [0.1, 0.15) is 29.9 Å². The van der Waals surface area contributed by atoms with Crippen molar-refractivity contribution in [3.8, 4) is 17.8 Å². The van der Waals surface area contributed by atoms with E-state index in [1.165, 1.54) is 0 Å². The Bertz CT molecular complexity index is 3290. The van der Waals surface area contributed by atoms with Crippen LogP contribution in [0.3, 0.4) is 0 Å². The zero-order valence-electron chi connectivity index (χ0n) is 52.6. The summed E-state index contributed by atoms with van der Waals surface area (Å²) in [5.41, 5.74) is 4.73. The van der Waals surface area contributed by atoms with Gasteiger partial charge >= 0.3 is 12.1 Å². The number of rotatable bonds is 28. The number of nitrogens with one attached hydrogen (secondary N) is 2. The van der Waals surface area contributed by atoms with Gasteiger partial charge in [-0.2, -0.15) is 20.2 Å². The van der Waals surface area contributed by atoms with E-state index in [4.69, 9.17) is 55.0 Å². The van der Waals surface area contributed by atoms with Crippen LogP contribution >= 0.6 is 11.6 Å². The summed E-state index contributed by atoms with van der Waals surface area (Å²) in [5, 5.41) is 18.9. The molecule has 0 bridgehead atoms. The highest BCUT2D eigenvalue weighted by Crippen LogP contribution is 2.42. The van der Waals surface area contributed by atoms with E-state index in [0.29, 0.717) is 138 Å². The van der Waals surface area contributed by atoms with Crippen molar-refractivity contribution in [3.63, 3.8) is 0 Å². The third-order valence-corrected chi connectivity index (χ3v) is 19.7. The third-order valence-electron chi connectivity index (χ3n) is 17.7. The molecule has 0 radical (unpaired) electrons. The molecule has 2 aromatic heterocycles. The standard InChI is InChI=1S/C65H88ClN13O9Si/c1-7-54-62(81)74(2)56-41-69-63(72-60(56)79(54)47-16-8-9-17-47)70-52-22-21-46(40-57(52)83-3)61(80)68-26-33-85-35-37-86-36-34-84-32-13-28-75-27-12-18-49(75)44-88-64-71-53-43-76(55-20-11-15-45-14-10-19-51(66)58(45)55)29-24-50(53)59(73-64)77-30-31-78(48(42-77)23-25-67)65(82)87-38-39-89(4,5)6/h10-11,14-15,19-22,40-41,47-49,54H,7-9,12-13,16-18,23-24,26-39,42-44H2,1-6H3,(H,68,80)(H,69,70,72)/t48-,49-,54+/m0/s1. The largest absolute Gasteiger partial charge is 0.495 e. The number of nitriles is 1. The number of benzene rings is 3. The monoisotopic (exact) mass is 1260 g/mol. The van der Waals surface area contributed by atoms with Crippen LogP contribution in [0, 0.1) is 11.3 Å². The lowest BCUT2D eigenvalue weighted by atomic mass is 10.0. The molecule has 5 aromatic rings. The van der Waals surface area contributed by atoms with E-state index in [1.54, 1.807) is 48.4 Å². The molecule has 22 nitrogen and oxygen atoms in total. The van der Waals surface area contributed by atoms with Gasteiger partial charge in [0.15, 0.2) is 5.82 Å². The predicted molar refractivity (Wildman–Crippen MR) is 348 cm³/mol. The minimum absolute atomic E-state index is 0.0607. The molecule has 10 rings (SSSR count). The predicted octanol–water partition coefficient (Wildman–Crippen LogP) is 9.48. The molecule has 2 saturated heterocycles. The van der Waals surface area contributed by atoms with Crippen molar-refractivity contribution in [3.05, 3.63) is 82.6 Å². The van der Waals surface area contributed by atoms with Crippen LogP contribution in [0.2, 0.25) is 30.7 Å². The van der Waals surface area contributed by atoms with Crippen LogP contribution < -0.4 is 39.7 Å². The van der Waals surface area contributed by atoms with Crippen molar-refractivity contribution in [2.45, 2.75) is 128 Å². The summed E-state index contributed by atoms with van der Waals surface area (Å²) in [7, 11) is 1.93. The van der Waals surface area contributed by atoms with Gasteiger partial charge in [-0.1, -0.05) is 75.3 Å². The second-order valence-corrected chi connectivity index (χ2v) is 30.8. The fourth-order valence-electron chi connectivity index (χ4n) is 12.9. The molecule has 3 aromatic carbocycles. The van der Waals surface area contributed by atoms with Crippen LogP contribution in [-0.2, 0) is 36.7 Å². The molecule has 0 unspecified atom stereocenters. The van der Waals surface area contributed by atoms with Crippen LogP contribution in [0.25, 0.3) is 10.8 Å². The molecule has 1 aliphatic carbocycles. The van der Waals surface area contributed by atoms with E-state index in [1.807, 2.05) is 19.1 Å². The van der Waals surface area contributed by atoms with E-state index in [-0.39, 0.29) is 48.5 Å². The normalized spacial score (nSPS) is 18.9. The summed E-state index contributed by atoms with van der Waals surface area (Å²) in [5.74, 6) is 2.19. The van der Waals surface area contributed by atoms with Crippen LogP contribution in [-0.4, -0.2) is 193 Å². The number of hydrogen-bond donors (Lipinski definition) is 2. The summed E-state index contributed by atoms with van der Waals surface area (Å²) in [4.78, 5) is 72.3. The van der Waals surface area contributed by atoms with Gasteiger partial charge in [-0.25, -0.2) is 9.78 Å². The van der Waals surface area contributed by atoms with E-state index >= 15 is 0 Å². The Balaban J connectivity index is 0.645. The van der Waals surface area contributed by atoms with Gasteiger partial charge in [0.2, 0.25) is 11.9 Å². The first-order valence-corrected chi connectivity index (χ1v) is 35.9. The van der Waals surface area contributed by atoms with Crippen LogP contribution in [0.15, 0.2) is 60.8 Å². The lowest BCUT2D eigenvalue weighted by molar-refractivity contribution is -0.120. The lowest BCUT2D eigenvalue weighted by Crippen LogP contribution is -2.56. The SMILES string of the molecule is CC[C@@H]1C(=O)N(C)c2cnc(Nc3ccc(C(=O)NCCOCCOCCOCCCN4CCC[C@H]4COc4nc5c(c(N6CCN(C(=O)OCC[Si](C)(C)C)[C@@H](CC#N)C6)n4)CCN(c4cccc6cccc(Cl)c46)C5)cc3OC)nc2N1C1CCCC1. The maximum absolute atomic E-state index is 13.4. The molecule has 6 heterocycles. The molecular weight excluding hydrogens is 1170 g/mol. The Morgan fingerprint density at radius 2 is 1.62 bits per heavy atom. The molecular formula is C65H88ClN13O9Si.